The topological polar surface area (TPSA) is 12.0 Å². The molecule has 20 heavy (non-hydrogen) atoms. The highest BCUT2D eigenvalue weighted by Gasteiger charge is 2.25. The van der Waals surface area contributed by atoms with Crippen LogP contribution in [0, 0.1) is 17.7 Å². The van der Waals surface area contributed by atoms with E-state index in [1.807, 2.05) is 6.07 Å². The highest BCUT2D eigenvalue weighted by molar-refractivity contribution is 6.30. The summed E-state index contributed by atoms with van der Waals surface area (Å²) >= 11 is 5.89. The molecule has 0 spiro atoms. The monoisotopic (exact) mass is 297 g/mol. The molecule has 0 aromatic heterocycles. The Kier molecular flexibility index (Phi) is 5.86. The molecule has 2 rings (SSSR count). The molecule has 1 fully saturated rings. The van der Waals surface area contributed by atoms with Crippen molar-refractivity contribution in [1.82, 2.24) is 5.32 Å². The van der Waals surface area contributed by atoms with Gasteiger partial charge < -0.3 is 5.32 Å². The number of rotatable bonds is 6. The Morgan fingerprint density at radius 1 is 1.30 bits per heavy atom. The van der Waals surface area contributed by atoms with Crippen LogP contribution < -0.4 is 5.32 Å². The molecule has 1 aromatic rings. The van der Waals surface area contributed by atoms with E-state index in [-0.39, 0.29) is 10.8 Å². The van der Waals surface area contributed by atoms with E-state index in [2.05, 4.69) is 19.2 Å². The van der Waals surface area contributed by atoms with Gasteiger partial charge in [0.1, 0.15) is 5.82 Å². The number of nitrogens with one attached hydrogen (secondary N) is 1. The average Bonchev–Trinajstić information content (AvgIpc) is 2.92. The van der Waals surface area contributed by atoms with Crippen molar-refractivity contribution in [1.29, 1.82) is 0 Å². The molecule has 0 aliphatic heterocycles. The summed E-state index contributed by atoms with van der Waals surface area (Å²) in [6.07, 6.45) is 6.36. The van der Waals surface area contributed by atoms with Gasteiger partial charge in [-0.2, -0.15) is 0 Å². The predicted octanol–water partition coefficient (Wildman–Crippen LogP) is 4.83. The van der Waals surface area contributed by atoms with Crippen LogP contribution in [0.25, 0.3) is 0 Å². The fraction of sp³-hybridized carbons (Fsp3) is 0.647. The first-order valence-electron chi connectivity index (χ1n) is 7.73. The number of hydrogen-bond acceptors (Lipinski definition) is 1. The lowest BCUT2D eigenvalue weighted by Crippen LogP contribution is -2.33. The summed E-state index contributed by atoms with van der Waals surface area (Å²) in [5.74, 6) is 1.10. The second-order valence-corrected chi connectivity index (χ2v) is 6.73. The fourth-order valence-corrected chi connectivity index (χ4v) is 3.39. The van der Waals surface area contributed by atoms with Crippen molar-refractivity contribution >= 4 is 11.6 Å². The van der Waals surface area contributed by atoms with Gasteiger partial charge in [-0.25, -0.2) is 4.39 Å². The van der Waals surface area contributed by atoms with Crippen LogP contribution in [0.15, 0.2) is 18.2 Å². The zero-order chi connectivity index (χ0) is 14.5. The molecule has 1 atom stereocenters. The van der Waals surface area contributed by atoms with E-state index in [0.29, 0.717) is 12.0 Å². The molecule has 1 unspecified atom stereocenters. The lowest BCUT2D eigenvalue weighted by molar-refractivity contribution is 0.313. The van der Waals surface area contributed by atoms with Gasteiger partial charge in [-0.05, 0) is 42.5 Å². The SMILES string of the molecule is CC(C)NCC(Cc1ccc(F)c(Cl)c1)C1CCCC1. The van der Waals surface area contributed by atoms with Crippen molar-refractivity contribution in [3.8, 4) is 0 Å². The molecular weight excluding hydrogens is 273 g/mol. The quantitative estimate of drug-likeness (QED) is 0.793. The maximum atomic E-state index is 13.2. The summed E-state index contributed by atoms with van der Waals surface area (Å²) in [7, 11) is 0. The Morgan fingerprint density at radius 3 is 2.60 bits per heavy atom. The van der Waals surface area contributed by atoms with Crippen molar-refractivity contribution in [3.63, 3.8) is 0 Å². The smallest absolute Gasteiger partial charge is 0.141 e. The number of halogens is 2. The maximum Gasteiger partial charge on any atom is 0.141 e. The lowest BCUT2D eigenvalue weighted by atomic mass is 9.85. The van der Waals surface area contributed by atoms with Crippen molar-refractivity contribution in [3.05, 3.63) is 34.6 Å². The van der Waals surface area contributed by atoms with Gasteiger partial charge in [0.05, 0.1) is 5.02 Å². The van der Waals surface area contributed by atoms with Crippen LogP contribution in [0.2, 0.25) is 5.02 Å². The van der Waals surface area contributed by atoms with Gasteiger partial charge >= 0.3 is 0 Å². The molecular formula is C17H25ClFN. The standard InChI is InChI=1S/C17H25ClFN/c1-12(2)20-11-15(14-5-3-4-6-14)9-13-7-8-17(19)16(18)10-13/h7-8,10,12,14-15,20H,3-6,9,11H2,1-2H3. The van der Waals surface area contributed by atoms with Crippen LogP contribution >= 0.6 is 11.6 Å². The highest BCUT2D eigenvalue weighted by atomic mass is 35.5. The van der Waals surface area contributed by atoms with Crippen molar-refractivity contribution in [2.45, 2.75) is 52.0 Å². The van der Waals surface area contributed by atoms with Gasteiger partial charge in [0.25, 0.3) is 0 Å². The van der Waals surface area contributed by atoms with Gasteiger partial charge in [-0.15, -0.1) is 0 Å². The summed E-state index contributed by atoms with van der Waals surface area (Å²) in [6.45, 7) is 5.40. The molecule has 1 aliphatic carbocycles. The van der Waals surface area contributed by atoms with E-state index in [9.17, 15) is 4.39 Å². The van der Waals surface area contributed by atoms with E-state index in [4.69, 9.17) is 11.6 Å². The molecule has 1 N–H and O–H groups in total. The minimum atomic E-state index is -0.326. The molecule has 3 heteroatoms. The molecule has 0 radical (unpaired) electrons. The second-order valence-electron chi connectivity index (χ2n) is 6.32. The molecule has 0 heterocycles. The molecule has 1 aliphatic rings. The van der Waals surface area contributed by atoms with Crippen LogP contribution in [0.5, 0.6) is 0 Å². The van der Waals surface area contributed by atoms with Gasteiger partial charge in [0.15, 0.2) is 0 Å². The normalized spacial score (nSPS) is 17.9. The first-order chi connectivity index (χ1) is 9.56. The van der Waals surface area contributed by atoms with Crippen molar-refractivity contribution in [2.24, 2.45) is 11.8 Å². The third kappa shape index (κ3) is 4.46. The predicted molar refractivity (Wildman–Crippen MR) is 83.7 cm³/mol. The van der Waals surface area contributed by atoms with Crippen LogP contribution in [0.1, 0.15) is 45.1 Å². The molecule has 1 nitrogen and oxygen atoms in total. The van der Waals surface area contributed by atoms with Gasteiger partial charge in [-0.1, -0.05) is 57.2 Å². The van der Waals surface area contributed by atoms with E-state index < -0.39 is 0 Å². The minimum absolute atomic E-state index is 0.240. The van der Waals surface area contributed by atoms with Crippen LogP contribution in [0.3, 0.4) is 0 Å². The largest absolute Gasteiger partial charge is 0.314 e. The van der Waals surface area contributed by atoms with Gasteiger partial charge in [-0.3, -0.25) is 0 Å². The highest BCUT2D eigenvalue weighted by Crippen LogP contribution is 2.33. The summed E-state index contributed by atoms with van der Waals surface area (Å²) in [5, 5.41) is 3.80. The summed E-state index contributed by atoms with van der Waals surface area (Å²) in [5.41, 5.74) is 1.15. The molecule has 1 aromatic carbocycles. The average molecular weight is 298 g/mol. The van der Waals surface area contributed by atoms with E-state index in [1.54, 1.807) is 6.07 Å². The third-order valence-corrected chi connectivity index (χ3v) is 4.63. The van der Waals surface area contributed by atoms with Gasteiger partial charge in [0.2, 0.25) is 0 Å². The molecule has 1 saturated carbocycles. The Hall–Kier alpha value is -0.600. The number of hydrogen-bond donors (Lipinski definition) is 1. The fourth-order valence-electron chi connectivity index (χ4n) is 3.19. The lowest BCUT2D eigenvalue weighted by Gasteiger charge is -2.25. The zero-order valence-corrected chi connectivity index (χ0v) is 13.2. The summed E-state index contributed by atoms with van der Waals surface area (Å²) < 4.78 is 13.2. The molecule has 0 amide bonds. The van der Waals surface area contributed by atoms with Crippen molar-refractivity contribution < 1.29 is 4.39 Å². The maximum absolute atomic E-state index is 13.2. The van der Waals surface area contributed by atoms with Crippen LogP contribution in [-0.4, -0.2) is 12.6 Å². The van der Waals surface area contributed by atoms with Gasteiger partial charge in [0, 0.05) is 6.04 Å². The molecule has 0 saturated heterocycles. The Bertz CT molecular complexity index is 427. The van der Waals surface area contributed by atoms with Crippen LogP contribution in [-0.2, 0) is 6.42 Å². The summed E-state index contributed by atoms with van der Waals surface area (Å²) in [4.78, 5) is 0. The van der Waals surface area contributed by atoms with E-state index in [0.717, 1.165) is 24.4 Å². The first-order valence-corrected chi connectivity index (χ1v) is 8.11. The first kappa shape index (κ1) is 15.8. The van der Waals surface area contributed by atoms with E-state index in [1.165, 1.54) is 31.7 Å². The summed E-state index contributed by atoms with van der Waals surface area (Å²) in [6, 6.07) is 5.65. The third-order valence-electron chi connectivity index (χ3n) is 4.34. The van der Waals surface area contributed by atoms with Crippen molar-refractivity contribution in [2.75, 3.05) is 6.54 Å². The molecule has 0 bridgehead atoms. The Labute approximate surface area is 126 Å². The zero-order valence-electron chi connectivity index (χ0n) is 12.5. The minimum Gasteiger partial charge on any atom is -0.314 e. The second kappa shape index (κ2) is 7.42. The molecule has 112 valence electrons. The van der Waals surface area contributed by atoms with Crippen LogP contribution in [0.4, 0.5) is 4.39 Å². The Morgan fingerprint density at radius 2 is 2.00 bits per heavy atom. The Balaban J connectivity index is 2.03. The van der Waals surface area contributed by atoms with E-state index >= 15 is 0 Å². The number of benzene rings is 1.